The molecule has 1 aliphatic rings. The van der Waals surface area contributed by atoms with Crippen molar-refractivity contribution in [2.75, 3.05) is 19.5 Å². The summed E-state index contributed by atoms with van der Waals surface area (Å²) in [5.41, 5.74) is 10.1. The van der Waals surface area contributed by atoms with Crippen LogP contribution in [0.2, 0.25) is 0 Å². The SMILES string of the molecule is COC[C@@H](C)N(Cc1ccc(Br)nn1)C(=O)c1ccc2nc(N)c3c(c2c1)CO[C@@H]3C. The Morgan fingerprint density at radius 1 is 1.35 bits per heavy atom. The molecule has 0 saturated heterocycles. The van der Waals surface area contributed by atoms with Gasteiger partial charge in [-0.2, -0.15) is 5.10 Å². The molecule has 0 radical (unpaired) electrons. The largest absolute Gasteiger partial charge is 0.383 e. The fraction of sp³-hybridized carbons (Fsp3) is 0.364. The molecule has 4 rings (SSSR count). The van der Waals surface area contributed by atoms with E-state index in [4.69, 9.17) is 15.2 Å². The van der Waals surface area contributed by atoms with Gasteiger partial charge in [0.1, 0.15) is 10.4 Å². The minimum atomic E-state index is -0.155. The highest BCUT2D eigenvalue weighted by Crippen LogP contribution is 2.38. The monoisotopic (exact) mass is 485 g/mol. The first kappa shape index (κ1) is 21.6. The van der Waals surface area contributed by atoms with Crippen LogP contribution in [0.1, 0.15) is 47.1 Å². The first-order valence-electron chi connectivity index (χ1n) is 10.0. The van der Waals surface area contributed by atoms with Crippen molar-refractivity contribution in [3.8, 4) is 0 Å². The quantitative estimate of drug-likeness (QED) is 0.568. The van der Waals surface area contributed by atoms with E-state index >= 15 is 0 Å². The number of aromatic nitrogens is 3. The summed E-state index contributed by atoms with van der Waals surface area (Å²) < 4.78 is 11.7. The summed E-state index contributed by atoms with van der Waals surface area (Å²) in [7, 11) is 1.62. The van der Waals surface area contributed by atoms with Gasteiger partial charge in [-0.05, 0) is 65.7 Å². The van der Waals surface area contributed by atoms with Crippen molar-refractivity contribution in [3.63, 3.8) is 0 Å². The number of rotatable bonds is 6. The number of carbonyl (C=O) groups is 1. The molecule has 1 aliphatic heterocycles. The molecule has 0 unspecified atom stereocenters. The smallest absolute Gasteiger partial charge is 0.254 e. The topological polar surface area (TPSA) is 103 Å². The molecule has 8 nitrogen and oxygen atoms in total. The normalized spacial score (nSPS) is 16.3. The van der Waals surface area contributed by atoms with E-state index in [-0.39, 0.29) is 18.1 Å². The number of pyridine rings is 1. The number of halogens is 1. The second kappa shape index (κ2) is 8.86. The fourth-order valence-electron chi connectivity index (χ4n) is 3.93. The van der Waals surface area contributed by atoms with Crippen LogP contribution in [-0.2, 0) is 22.6 Å². The average Bonchev–Trinajstić information content (AvgIpc) is 3.15. The number of nitrogens with two attached hydrogens (primary N) is 1. The molecule has 1 amide bonds. The summed E-state index contributed by atoms with van der Waals surface area (Å²) in [6.45, 7) is 5.08. The molecule has 2 atom stereocenters. The summed E-state index contributed by atoms with van der Waals surface area (Å²) in [6.07, 6.45) is -0.111. The molecule has 0 saturated carbocycles. The zero-order chi connectivity index (χ0) is 22.1. The lowest BCUT2D eigenvalue weighted by molar-refractivity contribution is 0.0538. The van der Waals surface area contributed by atoms with E-state index in [0.29, 0.717) is 41.4 Å². The zero-order valence-electron chi connectivity index (χ0n) is 17.6. The number of anilines is 1. The van der Waals surface area contributed by atoms with Gasteiger partial charge in [-0.3, -0.25) is 4.79 Å². The maximum absolute atomic E-state index is 13.5. The van der Waals surface area contributed by atoms with Crippen molar-refractivity contribution >= 4 is 38.6 Å². The minimum Gasteiger partial charge on any atom is -0.383 e. The highest BCUT2D eigenvalue weighted by atomic mass is 79.9. The molecule has 31 heavy (non-hydrogen) atoms. The lowest BCUT2D eigenvalue weighted by Crippen LogP contribution is -2.40. The first-order valence-corrected chi connectivity index (χ1v) is 10.8. The van der Waals surface area contributed by atoms with Gasteiger partial charge >= 0.3 is 0 Å². The molecule has 2 aromatic heterocycles. The number of nitrogen functional groups attached to an aromatic ring is 1. The summed E-state index contributed by atoms with van der Waals surface area (Å²) in [4.78, 5) is 19.8. The third-order valence-corrected chi connectivity index (χ3v) is 5.94. The predicted molar refractivity (Wildman–Crippen MR) is 120 cm³/mol. The van der Waals surface area contributed by atoms with E-state index in [1.54, 1.807) is 18.1 Å². The molecule has 3 heterocycles. The van der Waals surface area contributed by atoms with Crippen LogP contribution < -0.4 is 5.73 Å². The lowest BCUT2D eigenvalue weighted by Gasteiger charge is -2.28. The van der Waals surface area contributed by atoms with Crippen LogP contribution in [-0.4, -0.2) is 45.7 Å². The molecule has 0 spiro atoms. The van der Waals surface area contributed by atoms with Gasteiger partial charge in [0.2, 0.25) is 0 Å². The van der Waals surface area contributed by atoms with Crippen molar-refractivity contribution in [3.05, 3.63) is 57.3 Å². The molecule has 162 valence electrons. The van der Waals surface area contributed by atoms with Crippen molar-refractivity contribution in [1.29, 1.82) is 0 Å². The first-order chi connectivity index (χ1) is 14.9. The van der Waals surface area contributed by atoms with E-state index in [0.717, 1.165) is 22.0 Å². The number of benzene rings is 1. The highest BCUT2D eigenvalue weighted by Gasteiger charge is 2.27. The number of ether oxygens (including phenoxy) is 2. The lowest BCUT2D eigenvalue weighted by atomic mass is 10.00. The molecule has 0 aliphatic carbocycles. The van der Waals surface area contributed by atoms with Gasteiger partial charge in [-0.1, -0.05) is 0 Å². The molecule has 0 bridgehead atoms. The standard InChI is InChI=1S/C22H24BrN5O3/c1-12(10-30-3)28(9-15-5-7-19(23)27-26-15)22(29)14-4-6-18-16(8-14)17-11-31-13(2)20(17)21(24)25-18/h4-8,12-13H,9-11H2,1-3H3,(H2,24,25)/t12-,13-/m1/s1. The van der Waals surface area contributed by atoms with Gasteiger partial charge in [0, 0.05) is 23.6 Å². The van der Waals surface area contributed by atoms with Crippen molar-refractivity contribution in [2.45, 2.75) is 39.1 Å². The van der Waals surface area contributed by atoms with Gasteiger partial charge in [0.05, 0.1) is 43.1 Å². The summed E-state index contributed by atoms with van der Waals surface area (Å²) in [5, 5.41) is 9.10. The maximum Gasteiger partial charge on any atom is 0.254 e. The van der Waals surface area contributed by atoms with Crippen LogP contribution in [0.3, 0.4) is 0 Å². The van der Waals surface area contributed by atoms with Crippen LogP contribution in [0.25, 0.3) is 10.9 Å². The third-order valence-electron chi connectivity index (χ3n) is 5.52. The van der Waals surface area contributed by atoms with Crippen LogP contribution in [0.5, 0.6) is 0 Å². The Hall–Kier alpha value is -2.62. The fourth-order valence-corrected chi connectivity index (χ4v) is 4.14. The molecule has 3 aromatic rings. The number of carbonyl (C=O) groups excluding carboxylic acids is 1. The van der Waals surface area contributed by atoms with Crippen molar-refractivity contribution in [1.82, 2.24) is 20.1 Å². The molecular formula is C22H24BrN5O3. The van der Waals surface area contributed by atoms with Crippen molar-refractivity contribution < 1.29 is 14.3 Å². The average molecular weight is 486 g/mol. The summed E-state index contributed by atoms with van der Waals surface area (Å²) >= 11 is 3.29. The molecule has 9 heteroatoms. The van der Waals surface area contributed by atoms with E-state index in [2.05, 4.69) is 31.1 Å². The Balaban J connectivity index is 1.72. The Bertz CT molecular complexity index is 1120. The van der Waals surface area contributed by atoms with Crippen LogP contribution >= 0.6 is 15.9 Å². The van der Waals surface area contributed by atoms with Gasteiger partial charge in [0.15, 0.2) is 0 Å². The maximum atomic E-state index is 13.5. The van der Waals surface area contributed by atoms with Crippen LogP contribution in [0.15, 0.2) is 34.9 Å². The predicted octanol–water partition coefficient (Wildman–Crippen LogP) is 3.64. The van der Waals surface area contributed by atoms with Crippen molar-refractivity contribution in [2.24, 2.45) is 0 Å². The molecular weight excluding hydrogens is 462 g/mol. The van der Waals surface area contributed by atoms with E-state index in [1.165, 1.54) is 0 Å². The molecule has 0 fully saturated rings. The third kappa shape index (κ3) is 4.26. The van der Waals surface area contributed by atoms with Gasteiger partial charge in [-0.15, -0.1) is 5.10 Å². The number of amides is 1. The van der Waals surface area contributed by atoms with Gasteiger partial charge in [-0.25, -0.2) is 4.98 Å². The summed E-state index contributed by atoms with van der Waals surface area (Å²) in [5.74, 6) is 0.365. The Labute approximate surface area is 188 Å². The number of methoxy groups -OCH3 is 1. The number of fused-ring (bicyclic) bond motifs is 3. The minimum absolute atomic E-state index is 0.111. The highest BCUT2D eigenvalue weighted by molar-refractivity contribution is 9.10. The van der Waals surface area contributed by atoms with E-state index in [1.807, 2.05) is 38.1 Å². The number of hydrogen-bond acceptors (Lipinski definition) is 7. The summed E-state index contributed by atoms with van der Waals surface area (Å²) in [6, 6.07) is 8.99. The van der Waals surface area contributed by atoms with E-state index < -0.39 is 0 Å². The Morgan fingerprint density at radius 3 is 2.87 bits per heavy atom. The van der Waals surface area contributed by atoms with Gasteiger partial charge < -0.3 is 20.1 Å². The number of hydrogen-bond donors (Lipinski definition) is 1. The number of nitrogens with zero attached hydrogens (tertiary/aromatic N) is 4. The second-order valence-electron chi connectivity index (χ2n) is 7.66. The van der Waals surface area contributed by atoms with Gasteiger partial charge in [0.25, 0.3) is 5.91 Å². The Kier molecular flexibility index (Phi) is 6.17. The zero-order valence-corrected chi connectivity index (χ0v) is 19.2. The second-order valence-corrected chi connectivity index (χ2v) is 8.47. The molecule has 2 N–H and O–H groups in total. The Morgan fingerprint density at radius 2 is 2.16 bits per heavy atom. The van der Waals surface area contributed by atoms with E-state index in [9.17, 15) is 4.79 Å². The van der Waals surface area contributed by atoms with Crippen LogP contribution in [0, 0.1) is 0 Å². The van der Waals surface area contributed by atoms with Crippen LogP contribution in [0.4, 0.5) is 5.82 Å². The molecule has 1 aromatic carbocycles.